The van der Waals surface area contributed by atoms with E-state index in [1.807, 2.05) is 0 Å². The largest absolute Gasteiger partial charge is 0.466 e. The molecule has 0 aromatic carbocycles. The Hall–Kier alpha value is -1.66. The Bertz CT molecular complexity index is 1150. The lowest BCUT2D eigenvalue weighted by Gasteiger charge is -2.22. The number of unbranched alkanes of at least 4 members (excludes halogenated alkanes) is 48. The van der Waals surface area contributed by atoms with Crippen molar-refractivity contribution in [2.24, 2.45) is 0 Å². The van der Waals surface area contributed by atoms with E-state index in [1.165, 1.54) is 295 Å². The highest BCUT2D eigenvalue weighted by Gasteiger charge is 2.20. The quantitative estimate of drug-likeness (QED) is 0.0320. The number of ether oxygens (including phenoxy) is 1. The number of aliphatic hydroxyl groups is 2. The van der Waals surface area contributed by atoms with Crippen LogP contribution in [0.2, 0.25) is 0 Å². The van der Waals surface area contributed by atoms with Crippen molar-refractivity contribution in [3.05, 3.63) is 24.3 Å². The predicted octanol–water partition coefficient (Wildman–Crippen LogP) is 21.4. The first-order chi connectivity index (χ1) is 36.5. The van der Waals surface area contributed by atoms with Crippen LogP contribution in [0.4, 0.5) is 0 Å². The molecular formula is C68H131NO5. The first kappa shape index (κ1) is 72.3. The summed E-state index contributed by atoms with van der Waals surface area (Å²) in [4.78, 5) is 24.6. The van der Waals surface area contributed by atoms with Gasteiger partial charge < -0.3 is 20.3 Å². The van der Waals surface area contributed by atoms with Crippen LogP contribution in [-0.4, -0.2) is 47.4 Å². The van der Waals surface area contributed by atoms with Gasteiger partial charge in [-0.15, -0.1) is 0 Å². The molecule has 0 rings (SSSR count). The van der Waals surface area contributed by atoms with Crippen molar-refractivity contribution in [2.75, 3.05) is 13.2 Å². The third-order valence-electron chi connectivity index (χ3n) is 15.7. The molecule has 0 radical (unpaired) electrons. The summed E-state index contributed by atoms with van der Waals surface area (Å²) >= 11 is 0. The fourth-order valence-electron chi connectivity index (χ4n) is 10.6. The Morgan fingerprint density at radius 3 is 0.959 bits per heavy atom. The van der Waals surface area contributed by atoms with Crippen LogP contribution in [0.15, 0.2) is 24.3 Å². The molecule has 0 fully saturated rings. The van der Waals surface area contributed by atoms with Gasteiger partial charge in [0.2, 0.25) is 5.91 Å². The Morgan fingerprint density at radius 2 is 0.635 bits per heavy atom. The standard InChI is InChI=1S/C68H131NO5/c1-3-5-7-9-11-13-15-17-18-19-27-31-34-38-42-46-50-54-58-62-68(73)74-63-59-55-51-47-43-39-35-32-29-26-24-22-20-21-23-25-28-30-33-37-41-45-49-53-57-61-67(72)69-65(64-70)66(71)60-56-52-48-44-40-36-16-14-12-10-8-6-4-2/h17-18,21,23,65-66,70-71H,3-16,19-20,22,24-64H2,1-2H3,(H,69,72)/b18-17-,23-21-. The number of esters is 1. The molecule has 1 amide bonds. The summed E-state index contributed by atoms with van der Waals surface area (Å²) in [6.07, 6.45) is 79.2. The van der Waals surface area contributed by atoms with Gasteiger partial charge in [-0.2, -0.15) is 0 Å². The Labute approximate surface area is 462 Å². The second-order valence-electron chi connectivity index (χ2n) is 23.1. The van der Waals surface area contributed by atoms with E-state index in [2.05, 4.69) is 43.5 Å². The molecule has 6 heteroatoms. The van der Waals surface area contributed by atoms with Gasteiger partial charge in [0, 0.05) is 12.8 Å². The first-order valence-electron chi connectivity index (χ1n) is 33.6. The molecule has 0 aliphatic heterocycles. The van der Waals surface area contributed by atoms with Crippen LogP contribution in [0.5, 0.6) is 0 Å². The topological polar surface area (TPSA) is 95.9 Å². The normalized spacial score (nSPS) is 12.6. The van der Waals surface area contributed by atoms with E-state index >= 15 is 0 Å². The smallest absolute Gasteiger partial charge is 0.305 e. The molecule has 2 unspecified atom stereocenters. The number of nitrogens with one attached hydrogen (secondary N) is 1. The number of carbonyl (C=O) groups is 2. The van der Waals surface area contributed by atoms with Crippen LogP contribution in [0.1, 0.15) is 373 Å². The van der Waals surface area contributed by atoms with Gasteiger partial charge in [0.1, 0.15) is 0 Å². The highest BCUT2D eigenvalue weighted by Crippen LogP contribution is 2.18. The average molecular weight is 1040 g/mol. The fraction of sp³-hybridized carbons (Fsp3) is 0.912. The van der Waals surface area contributed by atoms with Gasteiger partial charge in [0.25, 0.3) is 0 Å². The average Bonchev–Trinajstić information content (AvgIpc) is 3.40. The van der Waals surface area contributed by atoms with Crippen molar-refractivity contribution in [1.82, 2.24) is 5.32 Å². The minimum Gasteiger partial charge on any atom is -0.466 e. The molecule has 0 aromatic rings. The molecule has 0 saturated heterocycles. The van der Waals surface area contributed by atoms with Gasteiger partial charge in [0.15, 0.2) is 0 Å². The number of allylic oxidation sites excluding steroid dienone is 4. The highest BCUT2D eigenvalue weighted by molar-refractivity contribution is 5.76. The van der Waals surface area contributed by atoms with Gasteiger partial charge in [-0.3, -0.25) is 9.59 Å². The monoisotopic (exact) mass is 1040 g/mol. The molecule has 0 aliphatic carbocycles. The second kappa shape index (κ2) is 63.9. The van der Waals surface area contributed by atoms with Crippen LogP contribution in [0.3, 0.4) is 0 Å². The van der Waals surface area contributed by atoms with E-state index in [9.17, 15) is 19.8 Å². The lowest BCUT2D eigenvalue weighted by atomic mass is 10.0. The minimum atomic E-state index is -0.665. The number of amides is 1. The lowest BCUT2D eigenvalue weighted by Crippen LogP contribution is -2.45. The Balaban J connectivity index is 3.36. The summed E-state index contributed by atoms with van der Waals surface area (Å²) in [5.41, 5.74) is 0. The zero-order valence-electron chi connectivity index (χ0n) is 50.1. The van der Waals surface area contributed by atoms with Crippen molar-refractivity contribution in [1.29, 1.82) is 0 Å². The Morgan fingerprint density at radius 1 is 0.365 bits per heavy atom. The predicted molar refractivity (Wildman–Crippen MR) is 324 cm³/mol. The molecule has 6 nitrogen and oxygen atoms in total. The van der Waals surface area contributed by atoms with Gasteiger partial charge in [-0.05, 0) is 77.0 Å². The van der Waals surface area contributed by atoms with Crippen molar-refractivity contribution in [3.8, 4) is 0 Å². The molecule has 0 spiro atoms. The molecular weight excluding hydrogens is 911 g/mol. The summed E-state index contributed by atoms with van der Waals surface area (Å²) < 4.78 is 5.50. The molecule has 3 N–H and O–H groups in total. The minimum absolute atomic E-state index is 0.0136. The maximum atomic E-state index is 12.5. The lowest BCUT2D eigenvalue weighted by molar-refractivity contribution is -0.143. The maximum Gasteiger partial charge on any atom is 0.305 e. The molecule has 74 heavy (non-hydrogen) atoms. The van der Waals surface area contributed by atoms with Crippen molar-refractivity contribution in [3.63, 3.8) is 0 Å². The van der Waals surface area contributed by atoms with Crippen molar-refractivity contribution in [2.45, 2.75) is 386 Å². The van der Waals surface area contributed by atoms with Crippen LogP contribution < -0.4 is 5.32 Å². The molecule has 438 valence electrons. The summed E-state index contributed by atoms with van der Waals surface area (Å²) in [5, 5.41) is 23.3. The molecule has 0 heterocycles. The number of carbonyl (C=O) groups excluding carboxylic acids is 2. The SMILES string of the molecule is CCCCCCCC/C=C\CCCCCCCCCCCC(=O)OCCCCCCCCCCCCCC/C=C\CCCCCCCCCCCC(=O)NC(CO)C(O)CCCCCCCCCCCCCCC. The van der Waals surface area contributed by atoms with Crippen LogP contribution in [-0.2, 0) is 14.3 Å². The third-order valence-corrected chi connectivity index (χ3v) is 15.7. The summed E-state index contributed by atoms with van der Waals surface area (Å²) in [6, 6.07) is -0.543. The molecule has 0 bridgehead atoms. The number of aliphatic hydroxyl groups excluding tert-OH is 2. The summed E-state index contributed by atoms with van der Waals surface area (Å²) in [6.45, 7) is 4.97. The van der Waals surface area contributed by atoms with Gasteiger partial charge in [0.05, 0.1) is 25.4 Å². The summed E-state index contributed by atoms with van der Waals surface area (Å²) in [5.74, 6) is -0.0229. The van der Waals surface area contributed by atoms with E-state index in [0.29, 0.717) is 25.9 Å². The van der Waals surface area contributed by atoms with E-state index < -0.39 is 12.1 Å². The first-order valence-corrected chi connectivity index (χ1v) is 33.6. The van der Waals surface area contributed by atoms with Gasteiger partial charge >= 0.3 is 5.97 Å². The van der Waals surface area contributed by atoms with Crippen LogP contribution >= 0.6 is 0 Å². The zero-order valence-corrected chi connectivity index (χ0v) is 50.1. The Kier molecular flexibility index (Phi) is 62.4. The van der Waals surface area contributed by atoms with Gasteiger partial charge in [-0.25, -0.2) is 0 Å². The highest BCUT2D eigenvalue weighted by atomic mass is 16.5. The van der Waals surface area contributed by atoms with Crippen LogP contribution in [0.25, 0.3) is 0 Å². The molecule has 0 saturated carbocycles. The number of hydrogen-bond donors (Lipinski definition) is 3. The molecule has 2 atom stereocenters. The molecule has 0 aromatic heterocycles. The van der Waals surface area contributed by atoms with E-state index in [-0.39, 0.29) is 18.5 Å². The number of rotatable bonds is 63. The van der Waals surface area contributed by atoms with E-state index in [4.69, 9.17) is 4.74 Å². The van der Waals surface area contributed by atoms with E-state index in [0.717, 1.165) is 44.9 Å². The summed E-state index contributed by atoms with van der Waals surface area (Å²) in [7, 11) is 0. The van der Waals surface area contributed by atoms with Crippen LogP contribution in [0, 0.1) is 0 Å². The number of hydrogen-bond acceptors (Lipinski definition) is 5. The third kappa shape index (κ3) is 59.6. The van der Waals surface area contributed by atoms with Crippen molar-refractivity contribution >= 4 is 11.9 Å². The van der Waals surface area contributed by atoms with Crippen molar-refractivity contribution < 1.29 is 24.5 Å². The zero-order chi connectivity index (χ0) is 53.6. The molecule has 0 aliphatic rings. The maximum absolute atomic E-state index is 12.5. The van der Waals surface area contributed by atoms with E-state index in [1.54, 1.807) is 0 Å². The second-order valence-corrected chi connectivity index (χ2v) is 23.1. The van der Waals surface area contributed by atoms with Gasteiger partial charge in [-0.1, -0.05) is 308 Å². The fourth-order valence-corrected chi connectivity index (χ4v) is 10.6.